The van der Waals surface area contributed by atoms with E-state index in [9.17, 15) is 0 Å². The Morgan fingerprint density at radius 2 is 1.00 bits per heavy atom. The molecule has 15 rings (SSSR count). The summed E-state index contributed by atoms with van der Waals surface area (Å²) in [6.07, 6.45) is 25.8. The first-order chi connectivity index (χ1) is 36.6. The molecule has 0 spiro atoms. The minimum Gasteiger partial charge on any atom is -0.317 e. The number of aromatic nitrogens is 1. The highest BCUT2D eigenvalue weighted by atomic mass is 15.0. The van der Waals surface area contributed by atoms with Crippen molar-refractivity contribution in [2.75, 3.05) is 0 Å². The molecule has 2 atom stereocenters. The van der Waals surface area contributed by atoms with Crippen molar-refractivity contribution in [3.8, 4) is 39.1 Å². The molecule has 1 nitrogen and oxygen atoms in total. The lowest BCUT2D eigenvalue weighted by atomic mass is 9.71. The van der Waals surface area contributed by atoms with E-state index in [1.54, 1.807) is 11.1 Å². The smallest absolute Gasteiger partial charge is 0.0455 e. The van der Waals surface area contributed by atoms with Crippen LogP contribution in [0.25, 0.3) is 117 Å². The quantitative estimate of drug-likeness (QED) is 0.146. The summed E-state index contributed by atoms with van der Waals surface area (Å²) in [5, 5.41) is 16.0. The van der Waals surface area contributed by atoms with Crippen LogP contribution in [0.3, 0.4) is 0 Å². The van der Waals surface area contributed by atoms with Crippen LogP contribution in [0.4, 0.5) is 0 Å². The number of hydrogen-bond donors (Lipinski definition) is 0. The van der Waals surface area contributed by atoms with Gasteiger partial charge in [-0.05, 0) is 219 Å². The molecule has 0 fully saturated rings. The number of allylic oxidation sites excluding steroid dienone is 5. The van der Waals surface area contributed by atoms with Crippen molar-refractivity contribution in [2.45, 2.75) is 70.1 Å². The van der Waals surface area contributed by atoms with Crippen molar-refractivity contribution < 1.29 is 0 Å². The number of fused-ring (bicyclic) bond motifs is 9. The van der Waals surface area contributed by atoms with Gasteiger partial charge in [0, 0.05) is 17.1 Å². The Kier molecular flexibility index (Phi) is 10.2. The summed E-state index contributed by atoms with van der Waals surface area (Å²) in [6, 6.07) is 66.7. The zero-order valence-electron chi connectivity index (χ0n) is 42.0. The number of benzene rings is 10. The van der Waals surface area contributed by atoms with Crippen LogP contribution in [0, 0.1) is 0 Å². The Labute approximate surface area is 433 Å². The van der Waals surface area contributed by atoms with Gasteiger partial charge in [-0.15, -0.1) is 0 Å². The Morgan fingerprint density at radius 1 is 0.419 bits per heavy atom. The maximum atomic E-state index is 2.69. The Bertz CT molecular complexity index is 4380. The van der Waals surface area contributed by atoms with Gasteiger partial charge in [0.15, 0.2) is 0 Å². The van der Waals surface area contributed by atoms with Gasteiger partial charge in [-0.1, -0.05) is 195 Å². The first-order valence-electron chi connectivity index (χ1n) is 27.3. The molecule has 1 aromatic heterocycles. The van der Waals surface area contributed by atoms with Crippen LogP contribution in [-0.2, 0) is 12.8 Å². The minimum absolute atomic E-state index is 0.381. The van der Waals surface area contributed by atoms with Crippen molar-refractivity contribution >= 4 is 77.7 Å². The van der Waals surface area contributed by atoms with Gasteiger partial charge in [0.2, 0.25) is 0 Å². The minimum atomic E-state index is 0.381. The molecule has 354 valence electrons. The molecule has 2 unspecified atom stereocenters. The van der Waals surface area contributed by atoms with Crippen molar-refractivity contribution in [2.24, 2.45) is 0 Å². The van der Waals surface area contributed by atoms with E-state index in [4.69, 9.17) is 0 Å². The largest absolute Gasteiger partial charge is 0.317 e. The number of hydrogen-bond acceptors (Lipinski definition) is 0. The summed E-state index contributed by atoms with van der Waals surface area (Å²) in [5.41, 5.74) is 19.4. The standard InChI is InChI=1S/C73H57N/c1-46-57(73-62-27-13-11-25-60(62)70(50-19-3-2-4-20-50)61-26-12-14-28-63(61)73)41-42-68-69(46)65-29-15-16-30-67(65)74(68)56-38-35-49(36-39-56)53-37-40-64-66(45-53)72(55-34-32-48-18-6-8-22-52(48)44-55)59-24-10-9-23-58(59)71(64)54-33-31-47-17-5-7-21-51(47)43-54/h2-3,5-11,13,15,17-19,21-29,31-40,43-46,57H,4,12,14,16,20,30,41-42H2,1H3. The predicted octanol–water partition coefficient (Wildman–Crippen LogP) is 18.1. The molecule has 11 aromatic rings. The van der Waals surface area contributed by atoms with Crippen molar-refractivity contribution in [3.63, 3.8) is 0 Å². The van der Waals surface area contributed by atoms with E-state index < -0.39 is 0 Å². The lowest BCUT2D eigenvalue weighted by Gasteiger charge is -2.33. The van der Waals surface area contributed by atoms with Gasteiger partial charge in [0.25, 0.3) is 0 Å². The lowest BCUT2D eigenvalue weighted by molar-refractivity contribution is 0.494. The summed E-state index contributed by atoms with van der Waals surface area (Å²) in [7, 11) is 0. The van der Waals surface area contributed by atoms with Crippen LogP contribution >= 0.6 is 0 Å². The molecule has 74 heavy (non-hydrogen) atoms. The molecule has 0 aliphatic heterocycles. The highest BCUT2D eigenvalue weighted by Crippen LogP contribution is 2.50. The van der Waals surface area contributed by atoms with E-state index >= 15 is 0 Å². The second-order valence-corrected chi connectivity index (χ2v) is 21.5. The third-order valence-corrected chi connectivity index (χ3v) is 17.5. The van der Waals surface area contributed by atoms with E-state index in [1.165, 1.54) is 131 Å². The van der Waals surface area contributed by atoms with Crippen LogP contribution in [0.15, 0.2) is 200 Å². The zero-order valence-corrected chi connectivity index (χ0v) is 42.0. The fourth-order valence-corrected chi connectivity index (χ4v) is 14.2. The Morgan fingerprint density at radius 3 is 1.69 bits per heavy atom. The molecule has 0 saturated carbocycles. The van der Waals surface area contributed by atoms with E-state index in [0.29, 0.717) is 11.8 Å². The normalized spacial score (nSPS) is 17.0. The van der Waals surface area contributed by atoms with Crippen LogP contribution in [-0.4, -0.2) is 4.57 Å². The van der Waals surface area contributed by atoms with Crippen LogP contribution in [0.5, 0.6) is 0 Å². The molecule has 0 N–H and O–H groups in total. The zero-order chi connectivity index (χ0) is 48.9. The molecule has 10 aromatic carbocycles. The van der Waals surface area contributed by atoms with E-state index in [-0.39, 0.29) is 0 Å². The molecule has 0 radical (unpaired) electrons. The van der Waals surface area contributed by atoms with Crippen molar-refractivity contribution in [1.82, 2.24) is 4.57 Å². The lowest BCUT2D eigenvalue weighted by Crippen LogP contribution is -2.37. The van der Waals surface area contributed by atoms with E-state index in [1.807, 2.05) is 0 Å². The van der Waals surface area contributed by atoms with Gasteiger partial charge in [-0.2, -0.15) is 0 Å². The van der Waals surface area contributed by atoms with Crippen LogP contribution < -0.4 is 10.4 Å². The van der Waals surface area contributed by atoms with Crippen LogP contribution in [0.2, 0.25) is 0 Å². The molecule has 1 heteroatoms. The average molecular weight is 948 g/mol. The summed E-state index contributed by atoms with van der Waals surface area (Å²) < 4.78 is 2.69. The topological polar surface area (TPSA) is 4.93 Å². The molecule has 4 aliphatic rings. The third kappa shape index (κ3) is 6.82. The van der Waals surface area contributed by atoms with Gasteiger partial charge < -0.3 is 4.57 Å². The second kappa shape index (κ2) is 17.5. The summed E-state index contributed by atoms with van der Waals surface area (Å²) in [6.45, 7) is 2.55. The molecular formula is C73H57N. The van der Waals surface area contributed by atoms with Gasteiger partial charge in [0.1, 0.15) is 0 Å². The number of rotatable bonds is 6. The monoisotopic (exact) mass is 947 g/mol. The molecule has 1 heterocycles. The van der Waals surface area contributed by atoms with Crippen molar-refractivity contribution in [3.05, 3.63) is 244 Å². The van der Waals surface area contributed by atoms with Gasteiger partial charge >= 0.3 is 0 Å². The Balaban J connectivity index is 0.858. The van der Waals surface area contributed by atoms with Crippen LogP contribution in [0.1, 0.15) is 90.9 Å². The van der Waals surface area contributed by atoms with Crippen molar-refractivity contribution in [1.29, 1.82) is 0 Å². The predicted molar refractivity (Wildman–Crippen MR) is 317 cm³/mol. The fourth-order valence-electron chi connectivity index (χ4n) is 14.2. The number of nitrogens with zero attached hydrogens (tertiary/aromatic N) is 1. The SMILES string of the molecule is CC1c2c3c(n(-c4ccc(-c5ccc6c(-c7ccc8ccccc8c7)c7ccccc7c(-c7ccc8ccccc8c7)c6c5)cc4)c2CCC1c1c2c(c(C4=CC=CCC4)c4ccccc14)=CCCC=2)CCC=C3. The maximum absolute atomic E-state index is 2.69. The second-order valence-electron chi connectivity index (χ2n) is 21.5. The van der Waals surface area contributed by atoms with Gasteiger partial charge in [-0.25, -0.2) is 0 Å². The Hall–Kier alpha value is -8.26. The summed E-state index contributed by atoms with van der Waals surface area (Å²) in [5.74, 6) is 0.813. The summed E-state index contributed by atoms with van der Waals surface area (Å²) in [4.78, 5) is 0. The fraction of sp³-hybridized carbons (Fsp3) is 0.151. The third-order valence-electron chi connectivity index (χ3n) is 17.5. The van der Waals surface area contributed by atoms with E-state index in [2.05, 4.69) is 230 Å². The maximum Gasteiger partial charge on any atom is 0.0455 e. The molecule has 4 aliphatic carbocycles. The highest BCUT2D eigenvalue weighted by Gasteiger charge is 2.37. The average Bonchev–Trinajstić information content (AvgIpc) is 3.82. The molecule has 0 amide bonds. The highest BCUT2D eigenvalue weighted by molar-refractivity contribution is 6.22. The molecule has 0 saturated heterocycles. The molecule has 0 bridgehead atoms. The molecular weight excluding hydrogens is 891 g/mol. The summed E-state index contributed by atoms with van der Waals surface area (Å²) >= 11 is 0. The van der Waals surface area contributed by atoms with Gasteiger partial charge in [0.05, 0.1) is 0 Å². The first-order valence-corrected chi connectivity index (χ1v) is 27.3. The van der Waals surface area contributed by atoms with Gasteiger partial charge in [-0.3, -0.25) is 0 Å². The van der Waals surface area contributed by atoms with E-state index in [0.717, 1.165) is 51.4 Å². The first kappa shape index (κ1) is 43.3.